The summed E-state index contributed by atoms with van der Waals surface area (Å²) in [6.07, 6.45) is 1.27. The Hall–Kier alpha value is -1.52. The van der Waals surface area contributed by atoms with Crippen molar-refractivity contribution in [1.82, 2.24) is 4.90 Å². The van der Waals surface area contributed by atoms with Gasteiger partial charge in [0.25, 0.3) is 0 Å². The molecule has 1 aliphatic rings. The highest BCUT2D eigenvalue weighted by Gasteiger charge is 2.22. The highest BCUT2D eigenvalue weighted by Crippen LogP contribution is 2.30. The first-order chi connectivity index (χ1) is 10.3. The minimum Gasteiger partial charge on any atom is -0.497 e. The van der Waals surface area contributed by atoms with Gasteiger partial charge in [-0.2, -0.15) is 0 Å². The number of nitrogens with zero attached hydrogens (tertiary/aromatic N) is 1. The van der Waals surface area contributed by atoms with E-state index in [1.807, 2.05) is 23.5 Å². The lowest BCUT2D eigenvalue weighted by Crippen LogP contribution is -2.31. The van der Waals surface area contributed by atoms with Crippen LogP contribution in [0, 0.1) is 0 Å². The smallest absolute Gasteiger partial charge is 0.124 e. The molecule has 0 fully saturated rings. The fourth-order valence-corrected chi connectivity index (χ4v) is 3.43. The molecule has 3 nitrogen and oxygen atoms in total. The van der Waals surface area contributed by atoms with Crippen LogP contribution >= 0.6 is 11.3 Å². The Kier molecular flexibility index (Phi) is 4.46. The molecule has 3 rings (SSSR count). The van der Waals surface area contributed by atoms with Crippen LogP contribution in [0.4, 0.5) is 0 Å². The predicted molar refractivity (Wildman–Crippen MR) is 86.1 cm³/mol. The zero-order valence-corrected chi connectivity index (χ0v) is 13.4. The fraction of sp³-hybridized carbons (Fsp3) is 0.412. The Labute approximate surface area is 130 Å². The number of hydrogen-bond acceptors (Lipinski definition) is 4. The van der Waals surface area contributed by atoms with Crippen molar-refractivity contribution in [3.05, 3.63) is 46.2 Å². The highest BCUT2D eigenvalue weighted by molar-refractivity contribution is 7.09. The molecule has 1 atom stereocenters. The minimum atomic E-state index is 0.250. The van der Waals surface area contributed by atoms with Crippen molar-refractivity contribution < 1.29 is 9.47 Å². The maximum atomic E-state index is 6.16. The molecule has 0 bridgehead atoms. The zero-order chi connectivity index (χ0) is 14.7. The molecule has 0 aliphatic carbocycles. The first-order valence-electron chi connectivity index (χ1n) is 7.36. The van der Waals surface area contributed by atoms with Gasteiger partial charge < -0.3 is 9.47 Å². The van der Waals surface area contributed by atoms with Gasteiger partial charge in [-0.25, -0.2) is 0 Å². The van der Waals surface area contributed by atoms with E-state index in [0.717, 1.165) is 37.6 Å². The standard InChI is InChI=1S/C17H21NO2S/c1-3-14-11-18(12-16-5-4-8-21-16)10-13-9-15(19-2)6-7-17(13)20-14/h4-9,14H,3,10-12H2,1-2H3. The van der Waals surface area contributed by atoms with E-state index in [1.54, 1.807) is 7.11 Å². The van der Waals surface area contributed by atoms with E-state index >= 15 is 0 Å². The molecule has 0 saturated heterocycles. The average Bonchev–Trinajstić information content (AvgIpc) is 2.93. The second-order valence-corrected chi connectivity index (χ2v) is 6.40. The van der Waals surface area contributed by atoms with Crippen LogP contribution in [0.3, 0.4) is 0 Å². The molecule has 1 aliphatic heterocycles. The maximum absolute atomic E-state index is 6.16. The van der Waals surface area contributed by atoms with Crippen LogP contribution < -0.4 is 9.47 Å². The number of thiophene rings is 1. The first kappa shape index (κ1) is 14.4. The second kappa shape index (κ2) is 6.50. The lowest BCUT2D eigenvalue weighted by molar-refractivity contribution is 0.140. The van der Waals surface area contributed by atoms with Gasteiger partial charge in [-0.1, -0.05) is 13.0 Å². The number of methoxy groups -OCH3 is 1. The molecule has 0 N–H and O–H groups in total. The largest absolute Gasteiger partial charge is 0.497 e. The molecule has 1 aromatic heterocycles. The van der Waals surface area contributed by atoms with Crippen LogP contribution in [0.5, 0.6) is 11.5 Å². The molecule has 2 heterocycles. The van der Waals surface area contributed by atoms with Crippen molar-refractivity contribution in [2.75, 3.05) is 13.7 Å². The van der Waals surface area contributed by atoms with E-state index in [4.69, 9.17) is 9.47 Å². The first-order valence-corrected chi connectivity index (χ1v) is 8.24. The van der Waals surface area contributed by atoms with Gasteiger partial charge in [0.05, 0.1) is 7.11 Å². The lowest BCUT2D eigenvalue weighted by atomic mass is 10.1. The summed E-state index contributed by atoms with van der Waals surface area (Å²) >= 11 is 1.81. The van der Waals surface area contributed by atoms with Crippen LogP contribution in [-0.2, 0) is 13.1 Å². The van der Waals surface area contributed by atoms with Crippen molar-refractivity contribution in [2.45, 2.75) is 32.5 Å². The molecule has 112 valence electrons. The third-order valence-corrected chi connectivity index (χ3v) is 4.69. The molecule has 1 unspecified atom stereocenters. The van der Waals surface area contributed by atoms with E-state index in [-0.39, 0.29) is 6.10 Å². The Balaban J connectivity index is 1.85. The van der Waals surface area contributed by atoms with Gasteiger partial charge in [0.15, 0.2) is 0 Å². The Bertz CT molecular complexity index is 582. The number of fused-ring (bicyclic) bond motifs is 1. The molecule has 0 amide bonds. The van der Waals surface area contributed by atoms with E-state index in [0.29, 0.717) is 0 Å². The SMILES string of the molecule is CCC1CN(Cc2cccs2)Cc2cc(OC)ccc2O1. The van der Waals surface area contributed by atoms with Gasteiger partial charge in [-0.15, -0.1) is 11.3 Å². The second-order valence-electron chi connectivity index (χ2n) is 5.37. The predicted octanol–water partition coefficient (Wildman–Crippen LogP) is 3.93. The molecule has 21 heavy (non-hydrogen) atoms. The normalized spacial score (nSPS) is 18.7. The highest BCUT2D eigenvalue weighted by atomic mass is 32.1. The number of hydrogen-bond donors (Lipinski definition) is 0. The number of benzene rings is 1. The van der Waals surface area contributed by atoms with E-state index in [9.17, 15) is 0 Å². The summed E-state index contributed by atoms with van der Waals surface area (Å²) in [5.74, 6) is 1.89. The molecule has 4 heteroatoms. The average molecular weight is 303 g/mol. The van der Waals surface area contributed by atoms with Crippen molar-refractivity contribution in [1.29, 1.82) is 0 Å². The molecular weight excluding hydrogens is 282 g/mol. The maximum Gasteiger partial charge on any atom is 0.124 e. The number of ether oxygens (including phenoxy) is 2. The van der Waals surface area contributed by atoms with Gasteiger partial charge in [-0.05, 0) is 36.1 Å². The Morgan fingerprint density at radius 2 is 2.29 bits per heavy atom. The zero-order valence-electron chi connectivity index (χ0n) is 12.5. The molecule has 0 saturated carbocycles. The summed E-state index contributed by atoms with van der Waals surface area (Å²) in [5.41, 5.74) is 1.21. The molecule has 0 spiro atoms. The van der Waals surface area contributed by atoms with Crippen LogP contribution in [0.15, 0.2) is 35.7 Å². The van der Waals surface area contributed by atoms with Crippen LogP contribution in [0.25, 0.3) is 0 Å². The van der Waals surface area contributed by atoms with Gasteiger partial charge >= 0.3 is 0 Å². The monoisotopic (exact) mass is 303 g/mol. The van der Waals surface area contributed by atoms with Gasteiger partial charge in [-0.3, -0.25) is 4.90 Å². The van der Waals surface area contributed by atoms with Crippen LogP contribution in [-0.4, -0.2) is 24.7 Å². The van der Waals surface area contributed by atoms with Crippen LogP contribution in [0.1, 0.15) is 23.8 Å². The van der Waals surface area contributed by atoms with Gasteiger partial charge in [0.2, 0.25) is 0 Å². The van der Waals surface area contributed by atoms with E-state index in [2.05, 4.69) is 35.4 Å². The molecule has 0 radical (unpaired) electrons. The third kappa shape index (κ3) is 3.39. The van der Waals surface area contributed by atoms with Gasteiger partial charge in [0, 0.05) is 30.1 Å². The summed E-state index contributed by atoms with van der Waals surface area (Å²) in [6.45, 7) is 5.03. The quantitative estimate of drug-likeness (QED) is 0.854. The van der Waals surface area contributed by atoms with Crippen molar-refractivity contribution in [3.8, 4) is 11.5 Å². The summed E-state index contributed by atoms with van der Waals surface area (Å²) in [6, 6.07) is 10.4. The topological polar surface area (TPSA) is 21.7 Å². The summed E-state index contributed by atoms with van der Waals surface area (Å²) < 4.78 is 11.5. The van der Waals surface area contributed by atoms with Crippen LogP contribution in [0.2, 0.25) is 0 Å². The number of rotatable bonds is 4. The summed E-state index contributed by atoms with van der Waals surface area (Å²) in [4.78, 5) is 3.86. The van der Waals surface area contributed by atoms with Crippen molar-refractivity contribution in [3.63, 3.8) is 0 Å². The minimum absolute atomic E-state index is 0.250. The van der Waals surface area contributed by atoms with Crippen molar-refractivity contribution >= 4 is 11.3 Å². The summed E-state index contributed by atoms with van der Waals surface area (Å²) in [5, 5.41) is 2.14. The van der Waals surface area contributed by atoms with E-state index in [1.165, 1.54) is 10.4 Å². The molecule has 2 aromatic rings. The summed E-state index contributed by atoms with van der Waals surface area (Å²) in [7, 11) is 1.71. The van der Waals surface area contributed by atoms with Gasteiger partial charge in [0.1, 0.15) is 17.6 Å². The Morgan fingerprint density at radius 1 is 1.38 bits per heavy atom. The Morgan fingerprint density at radius 3 is 3.00 bits per heavy atom. The van der Waals surface area contributed by atoms with Crippen molar-refractivity contribution in [2.24, 2.45) is 0 Å². The fourth-order valence-electron chi connectivity index (χ4n) is 2.69. The molecule has 1 aromatic carbocycles. The lowest BCUT2D eigenvalue weighted by Gasteiger charge is -2.22. The third-order valence-electron chi connectivity index (χ3n) is 3.83. The molecular formula is C17H21NO2S. The van der Waals surface area contributed by atoms with E-state index < -0.39 is 0 Å².